The third-order valence-corrected chi connectivity index (χ3v) is 3.23. The molecule has 24 heavy (non-hydrogen) atoms. The molecule has 0 spiro atoms. The van der Waals surface area contributed by atoms with E-state index in [9.17, 15) is 9.59 Å². The molecule has 2 N–H and O–H groups in total. The molecule has 0 heterocycles. The average Bonchev–Trinajstić information content (AvgIpc) is 2.57. The van der Waals surface area contributed by atoms with E-state index in [-0.39, 0.29) is 13.0 Å². The van der Waals surface area contributed by atoms with E-state index in [4.69, 9.17) is 14.6 Å². The molecule has 0 atom stereocenters. The maximum absolute atomic E-state index is 11.9. The van der Waals surface area contributed by atoms with Crippen molar-refractivity contribution < 1.29 is 24.2 Å². The number of esters is 1. The molecule has 1 aromatic rings. The minimum atomic E-state index is -0.810. The Kier molecular flexibility index (Phi) is 8.96. The van der Waals surface area contributed by atoms with Gasteiger partial charge >= 0.3 is 11.9 Å². The molecule has 0 aromatic heterocycles. The van der Waals surface area contributed by atoms with Crippen molar-refractivity contribution in [3.05, 3.63) is 24.3 Å². The fourth-order valence-corrected chi connectivity index (χ4v) is 1.96. The summed E-state index contributed by atoms with van der Waals surface area (Å²) < 4.78 is 10.1. The number of unbranched alkanes of at least 4 members (excludes halogenated alkanes) is 2. The number of anilines is 1. The van der Waals surface area contributed by atoms with Gasteiger partial charge in [-0.1, -0.05) is 6.42 Å². The van der Waals surface area contributed by atoms with Crippen molar-refractivity contribution in [2.75, 3.05) is 19.1 Å². The van der Waals surface area contributed by atoms with E-state index in [2.05, 4.69) is 10.5 Å². The maximum Gasteiger partial charge on any atom is 0.354 e. The number of carbonyl (C=O) groups is 2. The third-order valence-electron chi connectivity index (χ3n) is 3.23. The zero-order valence-corrected chi connectivity index (χ0v) is 14.1. The molecule has 0 amide bonds. The molecule has 7 heteroatoms. The van der Waals surface area contributed by atoms with Gasteiger partial charge in [-0.25, -0.2) is 4.79 Å². The van der Waals surface area contributed by atoms with Gasteiger partial charge in [-0.05, 0) is 50.5 Å². The Hall–Kier alpha value is -2.57. The van der Waals surface area contributed by atoms with E-state index in [1.807, 2.05) is 0 Å². The summed E-state index contributed by atoms with van der Waals surface area (Å²) in [5.41, 5.74) is 3.85. The highest BCUT2D eigenvalue weighted by atomic mass is 16.5. The number of benzene rings is 1. The van der Waals surface area contributed by atoms with Crippen LogP contribution in [0.1, 0.15) is 39.0 Å². The van der Waals surface area contributed by atoms with Gasteiger partial charge in [-0.2, -0.15) is 5.10 Å². The number of ether oxygens (including phenoxy) is 2. The Morgan fingerprint density at radius 2 is 1.79 bits per heavy atom. The van der Waals surface area contributed by atoms with Gasteiger partial charge in [0.2, 0.25) is 0 Å². The van der Waals surface area contributed by atoms with E-state index in [1.54, 1.807) is 38.3 Å². The molecule has 0 bridgehead atoms. The molecule has 0 aliphatic rings. The number of carboxylic acid groups (broad SMARTS) is 1. The van der Waals surface area contributed by atoms with Crippen LogP contribution >= 0.6 is 0 Å². The monoisotopic (exact) mass is 336 g/mol. The molecule has 0 fully saturated rings. The average molecular weight is 336 g/mol. The molecule has 0 radical (unpaired) electrons. The van der Waals surface area contributed by atoms with Crippen molar-refractivity contribution in [2.24, 2.45) is 5.10 Å². The highest BCUT2D eigenvalue weighted by Crippen LogP contribution is 2.15. The largest absolute Gasteiger partial charge is 0.497 e. The van der Waals surface area contributed by atoms with E-state index in [0.717, 1.165) is 11.4 Å². The number of carbonyl (C=O) groups excluding carboxylic acids is 1. The SMILES string of the molecule is CCOC(=O)/C(CCCCCC(=O)O)=N\Nc1ccc(OC)cc1. The molecule has 132 valence electrons. The number of hydrazone groups is 1. The molecule has 1 aromatic carbocycles. The van der Waals surface area contributed by atoms with Gasteiger partial charge in [0.1, 0.15) is 11.5 Å². The van der Waals surface area contributed by atoms with Gasteiger partial charge in [-0.15, -0.1) is 0 Å². The third kappa shape index (κ3) is 7.62. The minimum absolute atomic E-state index is 0.135. The van der Waals surface area contributed by atoms with Crippen molar-refractivity contribution in [3.8, 4) is 5.75 Å². The number of hydrogen-bond donors (Lipinski definition) is 2. The van der Waals surface area contributed by atoms with Gasteiger partial charge < -0.3 is 14.6 Å². The lowest BCUT2D eigenvalue weighted by Gasteiger charge is -2.08. The minimum Gasteiger partial charge on any atom is -0.497 e. The molecule has 0 aliphatic heterocycles. The Balaban J connectivity index is 2.59. The first-order chi connectivity index (χ1) is 11.6. The number of nitrogens with zero attached hydrogens (tertiary/aromatic N) is 1. The fraction of sp³-hybridized carbons (Fsp3) is 0.471. The zero-order chi connectivity index (χ0) is 17.8. The molecular formula is C17H24N2O5. The lowest BCUT2D eigenvalue weighted by molar-refractivity contribution is -0.137. The van der Waals surface area contributed by atoms with Crippen LogP contribution in [-0.4, -0.2) is 36.5 Å². The van der Waals surface area contributed by atoms with E-state index in [0.29, 0.717) is 31.4 Å². The molecule has 0 unspecified atom stereocenters. The van der Waals surface area contributed by atoms with Crippen molar-refractivity contribution in [1.29, 1.82) is 0 Å². The first-order valence-electron chi connectivity index (χ1n) is 7.92. The second kappa shape index (κ2) is 11.0. The van der Waals surface area contributed by atoms with E-state index < -0.39 is 11.9 Å². The van der Waals surface area contributed by atoms with Gasteiger partial charge in [0.25, 0.3) is 0 Å². The lowest BCUT2D eigenvalue weighted by atomic mass is 10.1. The van der Waals surface area contributed by atoms with Crippen LogP contribution in [0.3, 0.4) is 0 Å². The van der Waals surface area contributed by atoms with E-state index >= 15 is 0 Å². The van der Waals surface area contributed by atoms with Crippen LogP contribution in [0.15, 0.2) is 29.4 Å². The normalized spacial score (nSPS) is 11.0. The van der Waals surface area contributed by atoms with Crippen LogP contribution in [0, 0.1) is 0 Å². The quantitative estimate of drug-likeness (QED) is 0.279. The van der Waals surface area contributed by atoms with Gasteiger partial charge in [0.15, 0.2) is 0 Å². The number of methoxy groups -OCH3 is 1. The summed E-state index contributed by atoms with van der Waals surface area (Å²) in [6.07, 6.45) is 2.54. The molecule has 0 aliphatic carbocycles. The molecule has 1 rings (SSSR count). The summed E-state index contributed by atoms with van der Waals surface area (Å²) in [4.78, 5) is 22.4. The number of aliphatic carboxylic acids is 1. The summed E-state index contributed by atoms with van der Waals surface area (Å²) >= 11 is 0. The Morgan fingerprint density at radius 3 is 2.38 bits per heavy atom. The predicted molar refractivity (Wildman–Crippen MR) is 91.4 cm³/mol. The smallest absolute Gasteiger partial charge is 0.354 e. The molecule has 7 nitrogen and oxygen atoms in total. The van der Waals surface area contributed by atoms with Crippen molar-refractivity contribution >= 4 is 23.3 Å². The van der Waals surface area contributed by atoms with Crippen LogP contribution < -0.4 is 10.2 Å². The second-order valence-electron chi connectivity index (χ2n) is 5.07. The van der Waals surface area contributed by atoms with Crippen LogP contribution in [-0.2, 0) is 14.3 Å². The van der Waals surface area contributed by atoms with Crippen molar-refractivity contribution in [3.63, 3.8) is 0 Å². The van der Waals surface area contributed by atoms with Crippen molar-refractivity contribution in [1.82, 2.24) is 0 Å². The molecular weight excluding hydrogens is 312 g/mol. The second-order valence-corrected chi connectivity index (χ2v) is 5.07. The Labute approximate surface area is 141 Å². The van der Waals surface area contributed by atoms with Crippen LogP contribution in [0.5, 0.6) is 5.75 Å². The number of nitrogens with one attached hydrogen (secondary N) is 1. The van der Waals surface area contributed by atoms with Gasteiger partial charge in [-0.3, -0.25) is 10.2 Å². The highest BCUT2D eigenvalue weighted by molar-refractivity contribution is 6.36. The molecule has 0 saturated carbocycles. The van der Waals surface area contributed by atoms with Gasteiger partial charge in [0, 0.05) is 6.42 Å². The summed E-state index contributed by atoms with van der Waals surface area (Å²) in [6.45, 7) is 2.01. The fourth-order valence-electron chi connectivity index (χ4n) is 1.96. The highest BCUT2D eigenvalue weighted by Gasteiger charge is 2.12. The first kappa shape index (κ1) is 19.5. The first-order valence-corrected chi connectivity index (χ1v) is 7.92. The predicted octanol–water partition coefficient (Wildman–Crippen LogP) is 3.06. The topological polar surface area (TPSA) is 97.2 Å². The van der Waals surface area contributed by atoms with Crippen LogP contribution in [0.25, 0.3) is 0 Å². The summed E-state index contributed by atoms with van der Waals surface area (Å²) in [5, 5.41) is 12.7. The number of carboxylic acids is 1. The summed E-state index contributed by atoms with van der Waals surface area (Å²) in [7, 11) is 1.59. The maximum atomic E-state index is 11.9. The standard InChI is InChI=1S/C17H24N2O5/c1-3-24-17(22)15(7-5-4-6-8-16(20)21)19-18-13-9-11-14(23-2)12-10-13/h9-12,18H,3-8H2,1-2H3,(H,20,21)/b19-15-. The van der Waals surface area contributed by atoms with E-state index in [1.165, 1.54) is 0 Å². The zero-order valence-electron chi connectivity index (χ0n) is 14.1. The molecule has 0 saturated heterocycles. The van der Waals surface area contributed by atoms with Crippen LogP contribution in [0.4, 0.5) is 5.69 Å². The summed E-state index contributed by atoms with van der Waals surface area (Å²) in [6, 6.07) is 7.15. The summed E-state index contributed by atoms with van der Waals surface area (Å²) in [5.74, 6) is -0.541. The number of hydrogen-bond acceptors (Lipinski definition) is 6. The lowest BCUT2D eigenvalue weighted by Crippen LogP contribution is -2.19. The van der Waals surface area contributed by atoms with Crippen molar-refractivity contribution in [2.45, 2.75) is 39.0 Å². The Morgan fingerprint density at radius 1 is 1.12 bits per heavy atom. The van der Waals surface area contributed by atoms with Gasteiger partial charge in [0.05, 0.1) is 19.4 Å². The Bertz CT molecular complexity index is 555. The number of rotatable bonds is 11. The van der Waals surface area contributed by atoms with Crippen LogP contribution in [0.2, 0.25) is 0 Å².